The number of unbranched alkanes of at least 4 members (excludes halogenated alkanes) is 35. The molecule has 64 heavy (non-hydrogen) atoms. The molecule has 0 aliphatic rings. The second-order valence-electron chi connectivity index (χ2n) is 19.3. The van der Waals surface area contributed by atoms with E-state index < -0.39 is 12.1 Å². The Hall–Kier alpha value is -1.92. The van der Waals surface area contributed by atoms with Crippen LogP contribution in [0.15, 0.2) is 36.5 Å². The van der Waals surface area contributed by atoms with Crippen LogP contribution in [0.25, 0.3) is 0 Å². The van der Waals surface area contributed by atoms with Crippen LogP contribution >= 0.6 is 0 Å². The van der Waals surface area contributed by atoms with Crippen LogP contribution in [0.1, 0.15) is 296 Å². The summed E-state index contributed by atoms with van der Waals surface area (Å²) in [6, 6.07) is -0.564. The van der Waals surface area contributed by atoms with Crippen molar-refractivity contribution >= 4 is 11.9 Å². The molecule has 0 spiro atoms. The average Bonchev–Trinajstić information content (AvgIpc) is 3.29. The fourth-order valence-electron chi connectivity index (χ4n) is 8.55. The lowest BCUT2D eigenvalue weighted by Crippen LogP contribution is -2.45. The second-order valence-corrected chi connectivity index (χ2v) is 19.3. The molecule has 0 aromatic carbocycles. The first-order valence-electron chi connectivity index (χ1n) is 28.2. The molecule has 1 amide bonds. The van der Waals surface area contributed by atoms with E-state index in [-0.39, 0.29) is 18.5 Å². The fourth-order valence-corrected chi connectivity index (χ4v) is 8.55. The smallest absolute Gasteiger partial charge is 0.305 e. The van der Waals surface area contributed by atoms with Crippen LogP contribution in [0.2, 0.25) is 0 Å². The summed E-state index contributed by atoms with van der Waals surface area (Å²) < 4.78 is 5.44. The third-order valence-corrected chi connectivity index (χ3v) is 12.9. The lowest BCUT2D eigenvalue weighted by Gasteiger charge is -2.22. The number of aliphatic hydroxyl groups is 2. The SMILES string of the molecule is CCCCC/C=C\C/C=C\CCCCCCCCCC(=O)OCCCC/C=C\CCCCCCCC(=O)NC(CO)C(O)CCCCCCCCCCCCCCCCCCCCC. The summed E-state index contributed by atoms with van der Waals surface area (Å²) in [5.74, 6) is -0.102. The predicted molar refractivity (Wildman–Crippen MR) is 278 cm³/mol. The largest absolute Gasteiger partial charge is 0.466 e. The summed E-state index contributed by atoms with van der Waals surface area (Å²) in [5.41, 5.74) is 0. The zero-order valence-corrected chi connectivity index (χ0v) is 42.8. The van der Waals surface area contributed by atoms with E-state index in [0.717, 1.165) is 89.9 Å². The first-order valence-corrected chi connectivity index (χ1v) is 28.2. The van der Waals surface area contributed by atoms with Gasteiger partial charge in [0.05, 0.1) is 25.4 Å². The van der Waals surface area contributed by atoms with Gasteiger partial charge in [-0.25, -0.2) is 0 Å². The Morgan fingerprint density at radius 1 is 0.438 bits per heavy atom. The summed E-state index contributed by atoms with van der Waals surface area (Å²) >= 11 is 0. The summed E-state index contributed by atoms with van der Waals surface area (Å²) in [6.45, 7) is 4.86. The number of esters is 1. The topological polar surface area (TPSA) is 95.9 Å². The third-order valence-electron chi connectivity index (χ3n) is 12.9. The molecule has 376 valence electrons. The van der Waals surface area contributed by atoms with Crippen molar-refractivity contribution in [3.05, 3.63) is 36.5 Å². The van der Waals surface area contributed by atoms with E-state index in [2.05, 4.69) is 55.6 Å². The maximum Gasteiger partial charge on any atom is 0.305 e. The van der Waals surface area contributed by atoms with Crippen LogP contribution in [0.4, 0.5) is 0 Å². The van der Waals surface area contributed by atoms with Gasteiger partial charge in [-0.1, -0.05) is 237 Å². The highest BCUT2D eigenvalue weighted by molar-refractivity contribution is 5.76. The zero-order valence-electron chi connectivity index (χ0n) is 42.8. The van der Waals surface area contributed by atoms with Gasteiger partial charge >= 0.3 is 5.97 Å². The Balaban J connectivity index is 3.51. The van der Waals surface area contributed by atoms with E-state index in [1.807, 2.05) is 0 Å². The number of nitrogens with one attached hydrogen (secondary N) is 1. The molecule has 2 atom stereocenters. The number of aliphatic hydroxyl groups excluding tert-OH is 2. The molecule has 0 bridgehead atoms. The molecule has 3 N–H and O–H groups in total. The summed E-state index contributed by atoms with van der Waals surface area (Å²) in [6.07, 6.45) is 65.5. The van der Waals surface area contributed by atoms with Crippen LogP contribution < -0.4 is 5.32 Å². The molecule has 0 aromatic rings. The maximum atomic E-state index is 12.5. The van der Waals surface area contributed by atoms with E-state index in [1.165, 1.54) is 173 Å². The van der Waals surface area contributed by atoms with E-state index in [1.54, 1.807) is 0 Å². The second kappa shape index (κ2) is 53.7. The van der Waals surface area contributed by atoms with E-state index in [9.17, 15) is 19.8 Å². The first-order chi connectivity index (χ1) is 31.5. The Labute approximate surface area is 398 Å². The van der Waals surface area contributed by atoms with Crippen molar-refractivity contribution < 1.29 is 24.5 Å². The van der Waals surface area contributed by atoms with Gasteiger partial charge in [-0.15, -0.1) is 0 Å². The van der Waals surface area contributed by atoms with Gasteiger partial charge in [-0.3, -0.25) is 9.59 Å². The van der Waals surface area contributed by atoms with Gasteiger partial charge in [-0.2, -0.15) is 0 Å². The van der Waals surface area contributed by atoms with E-state index >= 15 is 0 Å². The number of ether oxygens (including phenoxy) is 1. The van der Waals surface area contributed by atoms with E-state index in [4.69, 9.17) is 4.74 Å². The van der Waals surface area contributed by atoms with Gasteiger partial charge in [0.15, 0.2) is 0 Å². The normalized spacial score (nSPS) is 12.9. The molecule has 0 aliphatic carbocycles. The predicted octanol–water partition coefficient (Wildman–Crippen LogP) is 17.2. The Morgan fingerprint density at radius 2 is 0.781 bits per heavy atom. The lowest BCUT2D eigenvalue weighted by atomic mass is 10.0. The molecule has 0 aromatic heterocycles. The first kappa shape index (κ1) is 62.1. The fraction of sp³-hybridized carbons (Fsp3) is 0.862. The quantitative estimate of drug-likeness (QED) is 0.0321. The molecule has 6 heteroatoms. The number of hydrogen-bond acceptors (Lipinski definition) is 5. The lowest BCUT2D eigenvalue weighted by molar-refractivity contribution is -0.143. The summed E-state index contributed by atoms with van der Waals surface area (Å²) in [5, 5.41) is 23.3. The number of carbonyl (C=O) groups excluding carboxylic acids is 2. The minimum absolute atomic E-state index is 0.0387. The molecule has 0 fully saturated rings. The van der Waals surface area contributed by atoms with Gasteiger partial charge < -0.3 is 20.3 Å². The van der Waals surface area contributed by atoms with Crippen molar-refractivity contribution in [1.82, 2.24) is 5.32 Å². The maximum absolute atomic E-state index is 12.5. The molecular weight excluding hydrogens is 791 g/mol. The number of allylic oxidation sites excluding steroid dienone is 6. The van der Waals surface area contributed by atoms with E-state index in [0.29, 0.717) is 25.9 Å². The van der Waals surface area contributed by atoms with Gasteiger partial charge in [-0.05, 0) is 83.5 Å². The monoisotopic (exact) mass is 900 g/mol. The van der Waals surface area contributed by atoms with Crippen molar-refractivity contribution in [3.63, 3.8) is 0 Å². The molecule has 0 rings (SSSR count). The number of hydrogen-bond donors (Lipinski definition) is 3. The summed E-state index contributed by atoms with van der Waals surface area (Å²) in [4.78, 5) is 24.5. The molecular formula is C58H109NO5. The van der Waals surface area contributed by atoms with Gasteiger partial charge in [0, 0.05) is 12.8 Å². The molecule has 2 unspecified atom stereocenters. The van der Waals surface area contributed by atoms with Crippen molar-refractivity contribution in [2.75, 3.05) is 13.2 Å². The molecule has 6 nitrogen and oxygen atoms in total. The number of amides is 1. The van der Waals surface area contributed by atoms with Crippen LogP contribution in [-0.4, -0.2) is 47.4 Å². The minimum atomic E-state index is -0.684. The average molecular weight is 901 g/mol. The van der Waals surface area contributed by atoms with Crippen molar-refractivity contribution in [1.29, 1.82) is 0 Å². The number of rotatable bonds is 52. The molecule has 0 radical (unpaired) electrons. The highest BCUT2D eigenvalue weighted by Crippen LogP contribution is 2.17. The molecule has 0 saturated carbocycles. The highest BCUT2D eigenvalue weighted by Gasteiger charge is 2.20. The Kier molecular flexibility index (Phi) is 52.1. The Morgan fingerprint density at radius 3 is 1.23 bits per heavy atom. The van der Waals surface area contributed by atoms with Crippen molar-refractivity contribution in [2.24, 2.45) is 0 Å². The van der Waals surface area contributed by atoms with Crippen LogP contribution in [-0.2, 0) is 14.3 Å². The van der Waals surface area contributed by atoms with Gasteiger partial charge in [0.1, 0.15) is 0 Å². The van der Waals surface area contributed by atoms with Gasteiger partial charge in [0.2, 0.25) is 5.91 Å². The standard InChI is InChI=1S/C58H109NO5/c1-3-5-7-9-11-13-15-17-19-21-22-24-25-27-30-34-38-42-46-50-56(61)55(54-60)59-57(62)51-47-43-39-35-31-29-33-37-41-45-49-53-64-58(63)52-48-44-40-36-32-28-26-23-20-18-16-14-12-10-8-6-4-2/h12,14,18,20,33,37,55-56,60-61H,3-11,13,15-17,19,21-32,34-36,38-54H2,1-2H3,(H,59,62)/b14-12-,20-18-,37-33-. The summed E-state index contributed by atoms with van der Waals surface area (Å²) in [7, 11) is 0. The Bertz CT molecular complexity index is 1040. The van der Waals surface area contributed by atoms with Crippen LogP contribution in [0.3, 0.4) is 0 Å². The molecule has 0 aliphatic heterocycles. The highest BCUT2D eigenvalue weighted by atomic mass is 16.5. The van der Waals surface area contributed by atoms with Gasteiger partial charge in [0.25, 0.3) is 0 Å². The third kappa shape index (κ3) is 49.5. The van der Waals surface area contributed by atoms with Crippen molar-refractivity contribution in [3.8, 4) is 0 Å². The van der Waals surface area contributed by atoms with Crippen LogP contribution in [0, 0.1) is 0 Å². The van der Waals surface area contributed by atoms with Crippen LogP contribution in [0.5, 0.6) is 0 Å². The van der Waals surface area contributed by atoms with Crippen molar-refractivity contribution in [2.45, 2.75) is 309 Å². The minimum Gasteiger partial charge on any atom is -0.466 e. The molecule has 0 heterocycles. The number of carbonyl (C=O) groups is 2. The molecule has 0 saturated heterocycles. The zero-order chi connectivity index (χ0) is 46.5.